The van der Waals surface area contributed by atoms with Crippen molar-refractivity contribution in [3.05, 3.63) is 71.8 Å². The van der Waals surface area contributed by atoms with Gasteiger partial charge in [0.2, 0.25) is 0 Å². The van der Waals surface area contributed by atoms with Crippen LogP contribution in [0.1, 0.15) is 17.5 Å². The van der Waals surface area contributed by atoms with Crippen LogP contribution in [0.3, 0.4) is 0 Å². The van der Waals surface area contributed by atoms with E-state index in [4.69, 9.17) is 4.74 Å². The molecule has 0 spiro atoms. The molecule has 8 nitrogen and oxygen atoms in total. The highest BCUT2D eigenvalue weighted by Gasteiger charge is 2.50. The lowest BCUT2D eigenvalue weighted by molar-refractivity contribution is -0.119. The van der Waals surface area contributed by atoms with Crippen LogP contribution in [0.5, 0.6) is 5.75 Å². The topological polar surface area (TPSA) is 110 Å². The summed E-state index contributed by atoms with van der Waals surface area (Å²) in [6.07, 6.45) is 4.94. The fourth-order valence-electron chi connectivity index (χ4n) is 4.49. The zero-order valence-electron chi connectivity index (χ0n) is 19.0. The zero-order valence-corrected chi connectivity index (χ0v) is 19.8. The van der Waals surface area contributed by atoms with Gasteiger partial charge in [-0.25, -0.2) is 14.1 Å². The number of pyridine rings is 1. The summed E-state index contributed by atoms with van der Waals surface area (Å²) in [4.78, 5) is 34.8. The Kier molecular flexibility index (Phi) is 6.05. The Morgan fingerprint density at radius 3 is 2.75 bits per heavy atom. The number of nitrogens with zero attached hydrogens (tertiary/aromatic N) is 5. The molecule has 2 unspecified atom stereocenters. The molecule has 0 N–H and O–H groups in total. The second-order valence-electron chi connectivity index (χ2n) is 8.14. The fraction of sp³-hybridized carbons (Fsp3) is 0.192. The summed E-state index contributed by atoms with van der Waals surface area (Å²) < 4.78 is 19.3. The summed E-state index contributed by atoms with van der Waals surface area (Å²) in [6.45, 7) is 0.112. The Bertz CT molecular complexity index is 1520. The predicted octanol–water partition coefficient (Wildman–Crippen LogP) is 4.46. The van der Waals surface area contributed by atoms with E-state index in [0.29, 0.717) is 21.5 Å². The number of anilines is 1. The number of hydrogen-bond acceptors (Lipinski definition) is 7. The van der Waals surface area contributed by atoms with Gasteiger partial charge in [-0.05, 0) is 18.2 Å². The van der Waals surface area contributed by atoms with Crippen molar-refractivity contribution in [1.82, 2.24) is 9.88 Å². The maximum Gasteiger partial charge on any atom is 0.332 e. The fourth-order valence-corrected chi connectivity index (χ4v) is 5.85. The standard InChI is InChI=1S/C26H18FN5O3S/c1-35-22-10-18(16(12-29)9-19(22)27)23-11-20-24(36-23)25(33)32(26(34)31(20)8-4-7-28)21-14-30-13-15-5-2-3-6-17(15)21/h2-3,5-6,9-11,13-14,20,24H,4,8H2,1H3. The normalized spacial score (nSPS) is 19.1. The van der Waals surface area contributed by atoms with Crippen molar-refractivity contribution in [1.29, 1.82) is 10.5 Å². The van der Waals surface area contributed by atoms with E-state index in [2.05, 4.69) is 11.1 Å². The van der Waals surface area contributed by atoms with Crippen LogP contribution in [-0.4, -0.2) is 46.8 Å². The first kappa shape index (κ1) is 23.3. The van der Waals surface area contributed by atoms with Gasteiger partial charge in [-0.1, -0.05) is 24.3 Å². The van der Waals surface area contributed by atoms with Gasteiger partial charge in [-0.15, -0.1) is 11.8 Å². The molecule has 2 aliphatic heterocycles. The summed E-state index contributed by atoms with van der Waals surface area (Å²) in [7, 11) is 1.33. The lowest BCUT2D eigenvalue weighted by atomic mass is 10.0. The van der Waals surface area contributed by atoms with Gasteiger partial charge >= 0.3 is 6.03 Å². The van der Waals surface area contributed by atoms with Crippen molar-refractivity contribution < 1.29 is 18.7 Å². The first-order chi connectivity index (χ1) is 17.5. The molecule has 0 radical (unpaired) electrons. The number of imide groups is 1. The number of rotatable bonds is 5. The van der Waals surface area contributed by atoms with Gasteiger partial charge < -0.3 is 9.64 Å². The van der Waals surface area contributed by atoms with E-state index in [1.807, 2.05) is 30.3 Å². The highest BCUT2D eigenvalue weighted by atomic mass is 32.2. The third-order valence-corrected chi connectivity index (χ3v) is 7.52. The van der Waals surface area contributed by atoms with Crippen molar-refractivity contribution in [3.8, 4) is 17.9 Å². The molecular formula is C26H18FN5O3S. The highest BCUT2D eigenvalue weighted by Crippen LogP contribution is 2.47. The second-order valence-corrected chi connectivity index (χ2v) is 9.32. The first-order valence-corrected chi connectivity index (χ1v) is 11.9. The predicted molar refractivity (Wildman–Crippen MR) is 132 cm³/mol. The molecule has 1 fully saturated rings. The number of methoxy groups -OCH3 is 1. The summed E-state index contributed by atoms with van der Waals surface area (Å²) >= 11 is 1.20. The lowest BCUT2D eigenvalue weighted by Gasteiger charge is -2.41. The smallest absolute Gasteiger partial charge is 0.332 e. The molecular weight excluding hydrogens is 481 g/mol. The molecule has 36 heavy (non-hydrogen) atoms. The molecule has 2 aliphatic rings. The highest BCUT2D eigenvalue weighted by molar-refractivity contribution is 8.09. The van der Waals surface area contributed by atoms with E-state index < -0.39 is 29.0 Å². The second kappa shape index (κ2) is 9.33. The molecule has 10 heteroatoms. The van der Waals surface area contributed by atoms with E-state index in [1.165, 1.54) is 36.0 Å². The Morgan fingerprint density at radius 1 is 1.19 bits per heavy atom. The summed E-state index contributed by atoms with van der Waals surface area (Å²) in [5.41, 5.74) is 0.857. The minimum absolute atomic E-state index is 0.0347. The van der Waals surface area contributed by atoms with Crippen LogP contribution < -0.4 is 9.64 Å². The van der Waals surface area contributed by atoms with E-state index in [1.54, 1.807) is 12.3 Å². The Hall–Kier alpha value is -4.41. The number of hydrogen-bond donors (Lipinski definition) is 0. The molecule has 0 bridgehead atoms. The summed E-state index contributed by atoms with van der Waals surface area (Å²) in [5.74, 6) is -1.14. The lowest BCUT2D eigenvalue weighted by Crippen LogP contribution is -2.62. The van der Waals surface area contributed by atoms with Crippen LogP contribution >= 0.6 is 11.8 Å². The Morgan fingerprint density at radius 2 is 2.00 bits per heavy atom. The van der Waals surface area contributed by atoms with Crippen LogP contribution in [0.15, 0.2) is 54.9 Å². The molecule has 3 amide bonds. The van der Waals surface area contributed by atoms with E-state index in [-0.39, 0.29) is 24.3 Å². The number of carbonyl (C=O) groups excluding carboxylic acids is 2. The molecule has 0 aliphatic carbocycles. The van der Waals surface area contributed by atoms with Gasteiger partial charge in [0.05, 0.1) is 49.2 Å². The zero-order chi connectivity index (χ0) is 25.4. The number of aromatic nitrogens is 1. The Labute approximate surface area is 210 Å². The monoisotopic (exact) mass is 499 g/mol. The van der Waals surface area contributed by atoms with Gasteiger partial charge in [0.1, 0.15) is 5.25 Å². The number of nitriles is 2. The first-order valence-electron chi connectivity index (χ1n) is 11.0. The molecule has 178 valence electrons. The maximum absolute atomic E-state index is 14.2. The van der Waals surface area contributed by atoms with Crippen LogP contribution in [0.4, 0.5) is 14.9 Å². The number of ether oxygens (including phenoxy) is 1. The molecule has 3 heterocycles. The van der Waals surface area contributed by atoms with Gasteiger partial charge in [-0.2, -0.15) is 10.5 Å². The largest absolute Gasteiger partial charge is 0.494 e. The minimum Gasteiger partial charge on any atom is -0.494 e. The number of urea groups is 1. The maximum atomic E-state index is 14.2. The van der Waals surface area contributed by atoms with Gasteiger partial charge in [0, 0.05) is 34.0 Å². The third-order valence-electron chi connectivity index (χ3n) is 6.18. The van der Waals surface area contributed by atoms with Crippen LogP contribution in [0.25, 0.3) is 15.7 Å². The molecule has 1 aromatic heterocycles. The van der Waals surface area contributed by atoms with Crippen molar-refractivity contribution in [3.63, 3.8) is 0 Å². The number of thioether (sulfide) groups is 1. The van der Waals surface area contributed by atoms with Gasteiger partial charge in [-0.3, -0.25) is 9.78 Å². The molecule has 2 aromatic carbocycles. The van der Waals surface area contributed by atoms with Crippen molar-refractivity contribution >= 4 is 45.1 Å². The average molecular weight is 500 g/mol. The average Bonchev–Trinajstić information content (AvgIpc) is 3.34. The van der Waals surface area contributed by atoms with Crippen molar-refractivity contribution in [2.75, 3.05) is 18.6 Å². The molecule has 1 saturated heterocycles. The van der Waals surface area contributed by atoms with Crippen molar-refractivity contribution in [2.24, 2.45) is 0 Å². The van der Waals surface area contributed by atoms with Crippen LogP contribution in [0.2, 0.25) is 0 Å². The Balaban J connectivity index is 1.60. The van der Waals surface area contributed by atoms with E-state index in [9.17, 15) is 24.5 Å². The summed E-state index contributed by atoms with van der Waals surface area (Å²) in [5, 5.41) is 19.5. The van der Waals surface area contributed by atoms with Gasteiger partial charge in [0.15, 0.2) is 11.6 Å². The molecule has 0 saturated carbocycles. The minimum atomic E-state index is -0.724. The molecule has 5 rings (SSSR count). The van der Waals surface area contributed by atoms with Crippen LogP contribution in [-0.2, 0) is 4.79 Å². The number of amides is 3. The van der Waals surface area contributed by atoms with E-state index >= 15 is 0 Å². The number of benzene rings is 2. The van der Waals surface area contributed by atoms with Crippen molar-refractivity contribution in [2.45, 2.75) is 17.7 Å². The van der Waals surface area contributed by atoms with Crippen LogP contribution in [0, 0.1) is 28.5 Å². The SMILES string of the molecule is COc1cc(C2=CC3C(S2)C(=O)N(c2cncc4ccccc24)C(=O)N3CCC#N)c(C#N)cc1F. The summed E-state index contributed by atoms with van der Waals surface area (Å²) in [6, 6.07) is 12.7. The van der Waals surface area contributed by atoms with E-state index in [0.717, 1.165) is 16.4 Å². The number of fused-ring (bicyclic) bond motifs is 2. The number of carbonyl (C=O) groups is 2. The van der Waals surface area contributed by atoms with Gasteiger partial charge in [0.25, 0.3) is 5.91 Å². The third kappa shape index (κ3) is 3.72. The number of halogens is 1. The molecule has 2 atom stereocenters. The molecule has 3 aromatic rings. The quantitative estimate of drug-likeness (QED) is 0.510.